The highest BCUT2D eigenvalue weighted by molar-refractivity contribution is 7.85. The summed E-state index contributed by atoms with van der Waals surface area (Å²) in [6, 6.07) is 5.54. The highest BCUT2D eigenvalue weighted by atomic mass is 35.5. The zero-order valence-corrected chi connectivity index (χ0v) is 11.9. The van der Waals surface area contributed by atoms with Gasteiger partial charge in [-0.25, -0.2) is 0 Å². The van der Waals surface area contributed by atoms with Gasteiger partial charge in [0.15, 0.2) is 0 Å². The van der Waals surface area contributed by atoms with Gasteiger partial charge in [0.2, 0.25) is 0 Å². The second-order valence-corrected chi connectivity index (χ2v) is 10.3. The van der Waals surface area contributed by atoms with Gasteiger partial charge in [-0.15, -0.1) is 0 Å². The number of hydrogen-bond donors (Lipinski definition) is 3. The minimum atomic E-state index is -5.15. The molecule has 0 aliphatic carbocycles. The van der Waals surface area contributed by atoms with Crippen LogP contribution in [0.15, 0.2) is 24.3 Å². The van der Waals surface area contributed by atoms with Crippen LogP contribution in [0.25, 0.3) is 0 Å². The number of alkyl halides is 2. The Balaban J connectivity index is 3.34. The summed E-state index contributed by atoms with van der Waals surface area (Å²) in [5, 5.41) is -0.212. The summed E-state index contributed by atoms with van der Waals surface area (Å²) in [5.74, 6) is 0. The van der Waals surface area contributed by atoms with Crippen LogP contribution in [0, 0.1) is 6.92 Å². The smallest absolute Gasteiger partial charge is 0.339 e. The predicted octanol–water partition coefficient (Wildman–Crippen LogP) is 2.16. The standard InChI is InChI=1S/C8H10Cl2O5P2/c1-6-2-4-7(5-3-6)16(11,12)8(9,10)17(13,14)15/h2-5H,1H3,(H,11,12)(H2,13,14,15). The normalized spacial score (nSPS) is 16.6. The molecule has 1 aromatic carbocycles. The molecule has 1 atom stereocenters. The zero-order valence-electron chi connectivity index (χ0n) is 8.62. The first-order chi connectivity index (χ1) is 7.50. The highest BCUT2D eigenvalue weighted by Crippen LogP contribution is 2.74. The molecule has 96 valence electrons. The first-order valence-corrected chi connectivity index (χ1v) is 8.36. The number of aryl methyl sites for hydroxylation is 1. The van der Waals surface area contributed by atoms with Crippen molar-refractivity contribution in [1.29, 1.82) is 0 Å². The molecule has 0 heterocycles. The van der Waals surface area contributed by atoms with E-state index in [0.29, 0.717) is 0 Å². The van der Waals surface area contributed by atoms with Gasteiger partial charge in [0.05, 0.1) is 0 Å². The van der Waals surface area contributed by atoms with E-state index < -0.39 is 18.8 Å². The lowest BCUT2D eigenvalue weighted by Crippen LogP contribution is -2.21. The van der Waals surface area contributed by atoms with E-state index in [2.05, 4.69) is 0 Å². The average molecular weight is 319 g/mol. The Morgan fingerprint density at radius 3 is 1.82 bits per heavy atom. The molecule has 0 fully saturated rings. The Morgan fingerprint density at radius 1 is 1.06 bits per heavy atom. The third-order valence-electron chi connectivity index (χ3n) is 2.10. The first-order valence-electron chi connectivity index (χ1n) is 4.34. The monoisotopic (exact) mass is 318 g/mol. The molecule has 0 aromatic heterocycles. The largest absolute Gasteiger partial charge is 0.371 e. The molecule has 5 nitrogen and oxygen atoms in total. The van der Waals surface area contributed by atoms with Crippen LogP contribution in [0.5, 0.6) is 0 Å². The number of rotatable bonds is 3. The topological polar surface area (TPSA) is 94.8 Å². The van der Waals surface area contributed by atoms with Gasteiger partial charge in [0, 0.05) is 5.30 Å². The van der Waals surface area contributed by atoms with Crippen LogP contribution in [0.1, 0.15) is 5.56 Å². The Hall–Kier alpha value is 0.140. The molecule has 0 aliphatic rings. The van der Waals surface area contributed by atoms with Crippen molar-refractivity contribution < 1.29 is 23.8 Å². The first kappa shape index (κ1) is 15.2. The molecular weight excluding hydrogens is 309 g/mol. The van der Waals surface area contributed by atoms with E-state index in [1.165, 1.54) is 24.3 Å². The Morgan fingerprint density at radius 2 is 1.47 bits per heavy atom. The fourth-order valence-electron chi connectivity index (χ4n) is 1.08. The maximum absolute atomic E-state index is 12.0. The molecule has 3 N–H and O–H groups in total. The second kappa shape index (κ2) is 4.67. The molecule has 0 saturated heterocycles. The maximum Gasteiger partial charge on any atom is 0.371 e. The lowest BCUT2D eigenvalue weighted by Gasteiger charge is -2.26. The van der Waals surface area contributed by atoms with Crippen LogP contribution < -0.4 is 5.30 Å². The van der Waals surface area contributed by atoms with E-state index in [9.17, 15) is 14.0 Å². The summed E-state index contributed by atoms with van der Waals surface area (Å²) in [5.41, 5.74) is 0.819. The third-order valence-corrected chi connectivity index (χ3v) is 8.82. The van der Waals surface area contributed by atoms with Gasteiger partial charge in [-0.1, -0.05) is 40.9 Å². The molecule has 0 radical (unpaired) electrons. The molecule has 0 saturated carbocycles. The van der Waals surface area contributed by atoms with Gasteiger partial charge in [-0.05, 0) is 19.1 Å². The summed E-state index contributed by atoms with van der Waals surface area (Å²) in [6.45, 7) is 1.75. The van der Waals surface area contributed by atoms with Crippen LogP contribution in [-0.4, -0.2) is 18.5 Å². The number of hydrogen-bond acceptors (Lipinski definition) is 2. The maximum atomic E-state index is 12.0. The third kappa shape index (κ3) is 2.77. The molecule has 1 unspecified atom stereocenters. The van der Waals surface area contributed by atoms with Crippen molar-refractivity contribution in [2.75, 3.05) is 0 Å². The molecule has 0 bridgehead atoms. The molecule has 0 amide bonds. The Bertz CT molecular complexity index is 507. The van der Waals surface area contributed by atoms with Crippen LogP contribution in [0.3, 0.4) is 0 Å². The summed E-state index contributed by atoms with van der Waals surface area (Å²) in [4.78, 5) is 27.6. The van der Waals surface area contributed by atoms with Crippen molar-refractivity contribution in [1.82, 2.24) is 0 Å². The zero-order chi connectivity index (χ0) is 13.5. The van der Waals surface area contributed by atoms with Crippen molar-refractivity contribution >= 4 is 43.5 Å². The van der Waals surface area contributed by atoms with Gasteiger partial charge < -0.3 is 14.7 Å². The molecule has 0 aliphatic heterocycles. The van der Waals surface area contributed by atoms with Crippen LogP contribution >= 0.6 is 38.2 Å². The average Bonchev–Trinajstić information content (AvgIpc) is 2.16. The van der Waals surface area contributed by atoms with Crippen molar-refractivity contribution in [3.8, 4) is 0 Å². The SMILES string of the molecule is Cc1ccc(P(=O)(O)C(Cl)(Cl)P(=O)(O)O)cc1. The fraction of sp³-hybridized carbons (Fsp3) is 0.250. The number of benzene rings is 1. The highest BCUT2D eigenvalue weighted by Gasteiger charge is 2.59. The molecule has 1 rings (SSSR count). The summed E-state index contributed by atoms with van der Waals surface area (Å²) in [6.07, 6.45) is 0. The van der Waals surface area contributed by atoms with Gasteiger partial charge in [0.1, 0.15) is 0 Å². The lowest BCUT2D eigenvalue weighted by atomic mass is 10.2. The van der Waals surface area contributed by atoms with Gasteiger partial charge in [-0.3, -0.25) is 9.13 Å². The van der Waals surface area contributed by atoms with Gasteiger partial charge in [-0.2, -0.15) is 0 Å². The van der Waals surface area contributed by atoms with Crippen molar-refractivity contribution in [2.24, 2.45) is 0 Å². The molecule has 1 aromatic rings. The summed E-state index contributed by atoms with van der Waals surface area (Å²) >= 11 is 10.7. The summed E-state index contributed by atoms with van der Waals surface area (Å²) in [7, 11) is -9.77. The fourth-order valence-corrected chi connectivity index (χ4v) is 4.29. The Labute approximate surface area is 108 Å². The van der Waals surface area contributed by atoms with Gasteiger partial charge in [0.25, 0.3) is 11.2 Å². The second-order valence-electron chi connectivity index (χ2n) is 3.47. The molecule has 17 heavy (non-hydrogen) atoms. The molecule has 9 heteroatoms. The lowest BCUT2D eigenvalue weighted by molar-refractivity contribution is 0.369. The minimum absolute atomic E-state index is 0.212. The summed E-state index contributed by atoms with van der Waals surface area (Å²) < 4.78 is 20.0. The van der Waals surface area contributed by atoms with Crippen LogP contribution in [0.4, 0.5) is 0 Å². The minimum Gasteiger partial charge on any atom is -0.339 e. The quantitative estimate of drug-likeness (QED) is 0.586. The number of halogens is 2. The van der Waals surface area contributed by atoms with Crippen LogP contribution in [-0.2, 0) is 9.13 Å². The van der Waals surface area contributed by atoms with E-state index in [1.807, 2.05) is 0 Å². The van der Waals surface area contributed by atoms with Crippen molar-refractivity contribution in [3.63, 3.8) is 0 Å². The Kier molecular flexibility index (Phi) is 4.18. The predicted molar refractivity (Wildman–Crippen MR) is 67.1 cm³/mol. The van der Waals surface area contributed by atoms with Gasteiger partial charge >= 0.3 is 7.60 Å². The molecule has 0 spiro atoms. The van der Waals surface area contributed by atoms with E-state index in [0.717, 1.165) is 5.56 Å². The van der Waals surface area contributed by atoms with E-state index in [1.54, 1.807) is 6.92 Å². The molecular formula is C8H10Cl2O5P2. The van der Waals surface area contributed by atoms with E-state index in [4.69, 9.17) is 33.0 Å². The van der Waals surface area contributed by atoms with E-state index >= 15 is 0 Å². The van der Waals surface area contributed by atoms with E-state index in [-0.39, 0.29) is 5.30 Å². The van der Waals surface area contributed by atoms with Crippen LogP contribution in [0.2, 0.25) is 0 Å². The van der Waals surface area contributed by atoms with Crippen molar-refractivity contribution in [2.45, 2.75) is 10.7 Å². The van der Waals surface area contributed by atoms with Crippen molar-refractivity contribution in [3.05, 3.63) is 29.8 Å².